The second kappa shape index (κ2) is 8.86. The van der Waals surface area contributed by atoms with Gasteiger partial charge in [-0.2, -0.15) is 0 Å². The summed E-state index contributed by atoms with van der Waals surface area (Å²) < 4.78 is 2.01. The number of aromatic carboxylic acids is 1. The second-order valence-corrected chi connectivity index (χ2v) is 8.88. The zero-order valence-electron chi connectivity index (χ0n) is 17.0. The molecule has 1 saturated heterocycles. The number of aryl methyl sites for hydroxylation is 1. The normalized spacial score (nSPS) is 16.1. The molecule has 2 heterocycles. The van der Waals surface area contributed by atoms with Gasteiger partial charge in [0.05, 0.1) is 26.2 Å². The molecule has 0 spiro atoms. The molecule has 32 heavy (non-hydrogen) atoms. The van der Waals surface area contributed by atoms with Crippen molar-refractivity contribution in [2.24, 2.45) is 4.99 Å². The standard InChI is InChI=1S/C23H17Cl2N3O3S/c1-12-10-15(13(2)28(12)16-8-6-14(7-9-16)22(30)31)11-19-21(29)27-23(32-19)26-18-5-3-4-17(24)20(18)25/h3-11H,1-2H3,(H,30,31)(H,26,27,29)/b19-11-. The molecule has 0 saturated carbocycles. The highest BCUT2D eigenvalue weighted by atomic mass is 35.5. The largest absolute Gasteiger partial charge is 0.478 e. The number of nitrogens with one attached hydrogen (secondary N) is 1. The van der Waals surface area contributed by atoms with Gasteiger partial charge >= 0.3 is 5.97 Å². The van der Waals surface area contributed by atoms with E-state index in [1.165, 1.54) is 11.8 Å². The Bertz CT molecular complexity index is 1310. The summed E-state index contributed by atoms with van der Waals surface area (Å²) in [5.74, 6) is -1.22. The molecule has 0 unspecified atom stereocenters. The summed E-state index contributed by atoms with van der Waals surface area (Å²) in [5, 5.41) is 13.0. The molecule has 162 valence electrons. The molecule has 1 aliphatic rings. The van der Waals surface area contributed by atoms with Crippen LogP contribution in [0.3, 0.4) is 0 Å². The third-order valence-corrected chi connectivity index (χ3v) is 6.65. The lowest BCUT2D eigenvalue weighted by Crippen LogP contribution is -2.19. The monoisotopic (exact) mass is 485 g/mol. The molecule has 6 nitrogen and oxygen atoms in total. The summed E-state index contributed by atoms with van der Waals surface area (Å²) in [6, 6.07) is 13.8. The lowest BCUT2D eigenvalue weighted by Gasteiger charge is -2.10. The Morgan fingerprint density at radius 2 is 1.88 bits per heavy atom. The molecule has 0 bridgehead atoms. The fraction of sp³-hybridized carbons (Fsp3) is 0.0870. The van der Waals surface area contributed by atoms with E-state index in [1.54, 1.807) is 42.5 Å². The number of carboxylic acids is 1. The number of nitrogens with zero attached hydrogens (tertiary/aromatic N) is 2. The molecule has 3 aromatic rings. The quantitative estimate of drug-likeness (QED) is 0.444. The van der Waals surface area contributed by atoms with Gasteiger partial charge < -0.3 is 15.0 Å². The molecule has 1 aliphatic heterocycles. The first-order valence-electron chi connectivity index (χ1n) is 9.51. The number of hydrogen-bond acceptors (Lipinski definition) is 4. The van der Waals surface area contributed by atoms with Crippen LogP contribution >= 0.6 is 35.0 Å². The highest BCUT2D eigenvalue weighted by molar-refractivity contribution is 8.18. The smallest absolute Gasteiger partial charge is 0.335 e. The minimum Gasteiger partial charge on any atom is -0.478 e. The molecule has 1 aromatic heterocycles. The van der Waals surface area contributed by atoms with Crippen LogP contribution in [0.2, 0.25) is 10.0 Å². The number of aliphatic imine (C=N–C) groups is 1. The zero-order valence-corrected chi connectivity index (χ0v) is 19.3. The van der Waals surface area contributed by atoms with Crippen molar-refractivity contribution in [3.05, 3.63) is 86.0 Å². The molecule has 2 aromatic carbocycles. The SMILES string of the molecule is Cc1cc(/C=C2\SC(=Nc3cccc(Cl)c3Cl)NC2=O)c(C)n1-c1ccc(C(=O)O)cc1. The second-order valence-electron chi connectivity index (χ2n) is 7.07. The van der Waals surface area contributed by atoms with Crippen molar-refractivity contribution in [3.8, 4) is 5.69 Å². The van der Waals surface area contributed by atoms with Crippen LogP contribution in [0.4, 0.5) is 5.69 Å². The number of aromatic nitrogens is 1. The van der Waals surface area contributed by atoms with Crippen LogP contribution < -0.4 is 5.32 Å². The van der Waals surface area contributed by atoms with Crippen molar-refractivity contribution < 1.29 is 14.7 Å². The van der Waals surface area contributed by atoms with Gasteiger partial charge in [-0.25, -0.2) is 9.79 Å². The predicted molar refractivity (Wildman–Crippen MR) is 129 cm³/mol. The fourth-order valence-electron chi connectivity index (χ4n) is 3.39. The Balaban J connectivity index is 1.64. The molecule has 0 radical (unpaired) electrons. The highest BCUT2D eigenvalue weighted by Crippen LogP contribution is 2.35. The average Bonchev–Trinajstić information content (AvgIpc) is 3.23. The van der Waals surface area contributed by atoms with Gasteiger partial charge in [-0.3, -0.25) is 4.79 Å². The molecule has 0 atom stereocenters. The van der Waals surface area contributed by atoms with Crippen molar-refractivity contribution in [2.75, 3.05) is 0 Å². The van der Waals surface area contributed by atoms with Crippen LogP contribution in [0.15, 0.2) is 58.4 Å². The van der Waals surface area contributed by atoms with Crippen LogP contribution in [-0.4, -0.2) is 26.7 Å². The number of halogens is 2. The number of thioether (sulfide) groups is 1. The first-order valence-corrected chi connectivity index (χ1v) is 11.1. The molecular weight excluding hydrogens is 469 g/mol. The maximum Gasteiger partial charge on any atom is 0.335 e. The Morgan fingerprint density at radius 3 is 2.56 bits per heavy atom. The van der Waals surface area contributed by atoms with Crippen molar-refractivity contribution >= 4 is 63.8 Å². The number of carbonyl (C=O) groups is 2. The Labute approximate surface area is 198 Å². The first kappa shape index (κ1) is 22.2. The van der Waals surface area contributed by atoms with Crippen LogP contribution in [0.25, 0.3) is 11.8 Å². The van der Waals surface area contributed by atoms with Crippen LogP contribution in [-0.2, 0) is 4.79 Å². The van der Waals surface area contributed by atoms with Crippen molar-refractivity contribution in [3.63, 3.8) is 0 Å². The predicted octanol–water partition coefficient (Wildman–Crippen LogP) is 5.99. The summed E-state index contributed by atoms with van der Waals surface area (Å²) in [7, 11) is 0. The molecular formula is C23H17Cl2N3O3S. The van der Waals surface area contributed by atoms with E-state index in [9.17, 15) is 9.59 Å². The minimum absolute atomic E-state index is 0.226. The van der Waals surface area contributed by atoms with Crippen LogP contribution in [0, 0.1) is 13.8 Å². The summed E-state index contributed by atoms with van der Waals surface area (Å²) >= 11 is 13.4. The lowest BCUT2D eigenvalue weighted by molar-refractivity contribution is -0.115. The van der Waals surface area contributed by atoms with Crippen molar-refractivity contribution in [1.82, 2.24) is 9.88 Å². The summed E-state index contributed by atoms with van der Waals surface area (Å²) in [6.45, 7) is 3.90. The topological polar surface area (TPSA) is 83.7 Å². The summed E-state index contributed by atoms with van der Waals surface area (Å²) in [5.41, 5.74) is 4.31. The van der Waals surface area contributed by atoms with Crippen LogP contribution in [0.1, 0.15) is 27.3 Å². The highest BCUT2D eigenvalue weighted by Gasteiger charge is 2.25. The van der Waals surface area contributed by atoms with Crippen LogP contribution in [0.5, 0.6) is 0 Å². The van der Waals surface area contributed by atoms with E-state index in [-0.39, 0.29) is 11.5 Å². The number of carboxylic acid groups (broad SMARTS) is 1. The summed E-state index contributed by atoms with van der Waals surface area (Å²) in [6.07, 6.45) is 1.81. The maximum atomic E-state index is 12.5. The maximum absolute atomic E-state index is 12.5. The van der Waals surface area contributed by atoms with Gasteiger partial charge in [0, 0.05) is 17.1 Å². The third-order valence-electron chi connectivity index (χ3n) is 4.93. The molecule has 1 fully saturated rings. The Kier molecular flexibility index (Phi) is 6.15. The van der Waals surface area contributed by atoms with E-state index in [0.29, 0.717) is 25.8 Å². The van der Waals surface area contributed by atoms with Gasteiger partial charge in [0.25, 0.3) is 5.91 Å². The lowest BCUT2D eigenvalue weighted by atomic mass is 10.2. The van der Waals surface area contributed by atoms with Gasteiger partial charge in [-0.1, -0.05) is 29.3 Å². The van der Waals surface area contributed by atoms with E-state index in [4.69, 9.17) is 28.3 Å². The summed E-state index contributed by atoms with van der Waals surface area (Å²) in [4.78, 5) is 28.5. The van der Waals surface area contributed by atoms with Gasteiger partial charge in [0.15, 0.2) is 5.17 Å². The number of amidine groups is 1. The number of carbonyl (C=O) groups excluding carboxylic acids is 1. The van der Waals surface area contributed by atoms with Crippen molar-refractivity contribution in [1.29, 1.82) is 0 Å². The van der Waals surface area contributed by atoms with Gasteiger partial charge in [0.2, 0.25) is 0 Å². The number of benzene rings is 2. The molecule has 4 rings (SSSR count). The first-order chi connectivity index (χ1) is 15.2. The number of hydrogen-bond donors (Lipinski definition) is 2. The average molecular weight is 486 g/mol. The van der Waals surface area contributed by atoms with Gasteiger partial charge in [-0.05, 0) is 79.7 Å². The Morgan fingerprint density at radius 1 is 1.16 bits per heavy atom. The van der Waals surface area contributed by atoms with E-state index >= 15 is 0 Å². The van der Waals surface area contributed by atoms with E-state index in [0.717, 1.165) is 22.6 Å². The van der Waals surface area contributed by atoms with Crippen molar-refractivity contribution in [2.45, 2.75) is 13.8 Å². The third kappa shape index (κ3) is 4.32. The van der Waals surface area contributed by atoms with Gasteiger partial charge in [-0.15, -0.1) is 0 Å². The minimum atomic E-state index is -0.969. The molecule has 9 heteroatoms. The Hall–Kier alpha value is -3.00. The zero-order chi connectivity index (χ0) is 23.0. The van der Waals surface area contributed by atoms with E-state index in [2.05, 4.69) is 10.3 Å². The van der Waals surface area contributed by atoms with Gasteiger partial charge in [0.1, 0.15) is 0 Å². The molecule has 0 aliphatic carbocycles. The number of rotatable bonds is 4. The molecule has 1 amide bonds. The number of amides is 1. The van der Waals surface area contributed by atoms with E-state index < -0.39 is 5.97 Å². The van der Waals surface area contributed by atoms with E-state index in [1.807, 2.05) is 30.6 Å². The molecule has 2 N–H and O–H groups in total. The fourth-order valence-corrected chi connectivity index (χ4v) is 4.56.